The molecule has 0 bridgehead atoms. The second-order valence-electron chi connectivity index (χ2n) is 8.58. The molecule has 3 aliphatic rings. The maximum atomic E-state index is 12.9. The molecule has 3 rings (SSSR count). The van der Waals surface area contributed by atoms with E-state index < -0.39 is 11.7 Å². The van der Waals surface area contributed by atoms with E-state index in [1.807, 2.05) is 36.5 Å². The zero-order chi connectivity index (χ0) is 24.4. The maximum absolute atomic E-state index is 12.9. The Morgan fingerprint density at radius 3 is 2.62 bits per heavy atom. The third-order valence-corrected chi connectivity index (χ3v) is 6.09. The van der Waals surface area contributed by atoms with Crippen molar-refractivity contribution >= 4 is 0 Å². The minimum Gasteiger partial charge on any atom is -0.493 e. The Hall–Kier alpha value is -2.79. The van der Waals surface area contributed by atoms with Crippen molar-refractivity contribution in [2.75, 3.05) is 13.2 Å². The largest absolute Gasteiger partial charge is 0.493 e. The molecule has 2 aliphatic carbocycles. The molecule has 0 aromatic heterocycles. The fourth-order valence-electron chi connectivity index (χ4n) is 4.06. The molecule has 0 N–H and O–H groups in total. The van der Waals surface area contributed by atoms with E-state index in [1.165, 1.54) is 17.7 Å². The summed E-state index contributed by atoms with van der Waals surface area (Å²) >= 11 is 0. The molecule has 0 radical (unpaired) electrons. The summed E-state index contributed by atoms with van der Waals surface area (Å²) in [6, 6.07) is 0. The molecule has 0 spiro atoms. The lowest BCUT2D eigenvalue weighted by Gasteiger charge is -2.17. The Morgan fingerprint density at radius 1 is 1.15 bits per heavy atom. The van der Waals surface area contributed by atoms with Crippen LogP contribution in [0.3, 0.4) is 0 Å². The Labute approximate surface area is 200 Å². The number of halogens is 3. The Balaban J connectivity index is 1.57. The van der Waals surface area contributed by atoms with Crippen LogP contribution in [0.25, 0.3) is 0 Å². The smallest absolute Gasteiger partial charge is 0.412 e. The van der Waals surface area contributed by atoms with E-state index in [0.717, 1.165) is 30.8 Å². The lowest BCUT2D eigenvalue weighted by molar-refractivity contribution is -0.0929. The number of ether oxygens (including phenoxy) is 2. The minimum absolute atomic E-state index is 0.00146. The van der Waals surface area contributed by atoms with Crippen LogP contribution in [0.2, 0.25) is 0 Å². The first kappa shape index (κ1) is 25.8. The fraction of sp³-hybridized carbons (Fsp3) is 0.379. The van der Waals surface area contributed by atoms with Gasteiger partial charge in [0.25, 0.3) is 0 Å². The number of rotatable bonds is 8. The van der Waals surface area contributed by atoms with Gasteiger partial charge in [-0.2, -0.15) is 13.2 Å². The van der Waals surface area contributed by atoms with Gasteiger partial charge in [0, 0.05) is 23.8 Å². The van der Waals surface area contributed by atoms with Gasteiger partial charge in [-0.1, -0.05) is 72.9 Å². The van der Waals surface area contributed by atoms with E-state index >= 15 is 0 Å². The summed E-state index contributed by atoms with van der Waals surface area (Å²) in [5, 5.41) is 0. The number of alkyl halides is 3. The quantitative estimate of drug-likeness (QED) is 0.265. The van der Waals surface area contributed by atoms with Crippen molar-refractivity contribution in [3.63, 3.8) is 0 Å². The lowest BCUT2D eigenvalue weighted by Crippen LogP contribution is -2.12. The van der Waals surface area contributed by atoms with Gasteiger partial charge in [-0.25, -0.2) is 0 Å². The number of allylic oxidation sites excluding steroid dienone is 13. The number of hydrogen-bond acceptors (Lipinski definition) is 2. The monoisotopic (exact) mass is 470 g/mol. The molecule has 1 fully saturated rings. The molecule has 182 valence electrons. The van der Waals surface area contributed by atoms with Crippen LogP contribution in [-0.4, -0.2) is 25.5 Å². The topological polar surface area (TPSA) is 18.5 Å². The Morgan fingerprint density at radius 2 is 1.91 bits per heavy atom. The van der Waals surface area contributed by atoms with E-state index in [0.29, 0.717) is 13.0 Å². The Kier molecular flexibility index (Phi) is 9.58. The van der Waals surface area contributed by atoms with E-state index in [2.05, 4.69) is 37.8 Å². The molecule has 0 aromatic carbocycles. The highest BCUT2D eigenvalue weighted by molar-refractivity contribution is 5.32. The molecule has 0 aromatic rings. The van der Waals surface area contributed by atoms with E-state index in [9.17, 15) is 13.2 Å². The van der Waals surface area contributed by atoms with Crippen LogP contribution in [0.15, 0.2) is 108 Å². The first-order valence-electron chi connectivity index (χ1n) is 11.8. The zero-order valence-corrected chi connectivity index (χ0v) is 19.6. The van der Waals surface area contributed by atoms with Crippen LogP contribution in [0, 0.1) is 11.8 Å². The SMILES string of the molecule is C=CC/C(=C\C/C=C1/CCOC1C)OCC1=CC=CC(C2/C=C\C=C(\C(F)(F)F)C/C=C\2)C=C1. The molecule has 1 heterocycles. The summed E-state index contributed by atoms with van der Waals surface area (Å²) < 4.78 is 50.5. The van der Waals surface area contributed by atoms with Gasteiger partial charge in [0.2, 0.25) is 0 Å². The average Bonchev–Trinajstić information content (AvgIpc) is 3.02. The van der Waals surface area contributed by atoms with Crippen LogP contribution in [-0.2, 0) is 9.47 Å². The first-order chi connectivity index (χ1) is 16.4. The van der Waals surface area contributed by atoms with Gasteiger partial charge in [-0.05, 0) is 43.4 Å². The number of hydrogen-bond donors (Lipinski definition) is 0. The molecule has 0 amide bonds. The minimum atomic E-state index is -4.29. The van der Waals surface area contributed by atoms with Crippen LogP contribution < -0.4 is 0 Å². The Bertz CT molecular complexity index is 954. The van der Waals surface area contributed by atoms with Crippen molar-refractivity contribution in [2.45, 2.75) is 44.9 Å². The maximum Gasteiger partial charge on any atom is 0.412 e. The van der Waals surface area contributed by atoms with Gasteiger partial charge in [0.1, 0.15) is 6.61 Å². The van der Waals surface area contributed by atoms with Gasteiger partial charge in [-0.3, -0.25) is 0 Å². The van der Waals surface area contributed by atoms with Crippen molar-refractivity contribution in [3.8, 4) is 0 Å². The summed E-state index contributed by atoms with van der Waals surface area (Å²) in [4.78, 5) is 0. The molecule has 1 aliphatic heterocycles. The molecule has 2 nitrogen and oxygen atoms in total. The van der Waals surface area contributed by atoms with Crippen molar-refractivity contribution in [2.24, 2.45) is 11.8 Å². The fourth-order valence-corrected chi connectivity index (χ4v) is 4.06. The van der Waals surface area contributed by atoms with Crippen LogP contribution in [0.1, 0.15) is 32.6 Å². The molecule has 5 heteroatoms. The van der Waals surface area contributed by atoms with Gasteiger partial charge in [0.15, 0.2) is 0 Å². The first-order valence-corrected chi connectivity index (χ1v) is 11.8. The van der Waals surface area contributed by atoms with E-state index in [4.69, 9.17) is 9.47 Å². The summed E-state index contributed by atoms with van der Waals surface area (Å²) in [7, 11) is 0. The predicted octanol–water partition coefficient (Wildman–Crippen LogP) is 7.88. The van der Waals surface area contributed by atoms with Crippen molar-refractivity contribution in [1.82, 2.24) is 0 Å². The molecular weight excluding hydrogens is 437 g/mol. The molecule has 0 saturated carbocycles. The standard InChI is InChI=1S/C29H33F3O2/c1-3-8-28(16-7-10-24-19-20-33-22(24)2)34-21-23-9-4-11-26(18-17-23)25-12-5-14-27(15-6-13-25)29(30,31)32/h3-6,9-14,16-18,22,25-26H,1,7-8,15,19-21H2,2H3/b12-5-,13-6-,24-10-,27-14+,28-16+. The van der Waals surface area contributed by atoms with Gasteiger partial charge in [-0.15, -0.1) is 6.58 Å². The molecule has 3 unspecified atom stereocenters. The summed E-state index contributed by atoms with van der Waals surface area (Å²) in [6.07, 6.45) is 22.5. The third-order valence-electron chi connectivity index (χ3n) is 6.09. The van der Waals surface area contributed by atoms with E-state index in [-0.39, 0.29) is 24.4 Å². The third kappa shape index (κ3) is 7.91. The lowest BCUT2D eigenvalue weighted by atomic mass is 9.89. The summed E-state index contributed by atoms with van der Waals surface area (Å²) in [5.74, 6) is 0.946. The second kappa shape index (κ2) is 12.6. The van der Waals surface area contributed by atoms with Crippen LogP contribution >= 0.6 is 0 Å². The molecule has 1 saturated heterocycles. The second-order valence-corrected chi connectivity index (χ2v) is 8.58. The summed E-state index contributed by atoms with van der Waals surface area (Å²) in [5.41, 5.74) is 1.84. The highest BCUT2D eigenvalue weighted by atomic mass is 19.4. The zero-order valence-electron chi connectivity index (χ0n) is 19.6. The van der Waals surface area contributed by atoms with Gasteiger partial charge >= 0.3 is 6.18 Å². The van der Waals surface area contributed by atoms with Crippen molar-refractivity contribution in [3.05, 3.63) is 108 Å². The highest BCUT2D eigenvalue weighted by Crippen LogP contribution is 2.31. The molecular formula is C29H33F3O2. The summed E-state index contributed by atoms with van der Waals surface area (Å²) in [6.45, 7) is 7.14. The van der Waals surface area contributed by atoms with Crippen LogP contribution in [0.5, 0.6) is 0 Å². The van der Waals surface area contributed by atoms with Crippen LogP contribution in [0.4, 0.5) is 13.2 Å². The van der Waals surface area contributed by atoms with Crippen molar-refractivity contribution < 1.29 is 22.6 Å². The van der Waals surface area contributed by atoms with Gasteiger partial charge < -0.3 is 9.47 Å². The molecule has 3 atom stereocenters. The normalized spacial score (nSPS) is 30.1. The highest BCUT2D eigenvalue weighted by Gasteiger charge is 2.32. The predicted molar refractivity (Wildman–Crippen MR) is 132 cm³/mol. The van der Waals surface area contributed by atoms with Crippen molar-refractivity contribution in [1.29, 1.82) is 0 Å². The van der Waals surface area contributed by atoms with Gasteiger partial charge in [0.05, 0.1) is 18.5 Å². The average molecular weight is 471 g/mol. The molecule has 34 heavy (non-hydrogen) atoms. The van der Waals surface area contributed by atoms with E-state index in [1.54, 1.807) is 6.08 Å².